The predicted molar refractivity (Wildman–Crippen MR) is 65.9 cm³/mol. The monoisotopic (exact) mass is 216 g/mol. The summed E-state index contributed by atoms with van der Waals surface area (Å²) in [6.45, 7) is 12.0. The van der Waals surface area contributed by atoms with Crippen LogP contribution in [0.4, 0.5) is 0 Å². The highest BCUT2D eigenvalue weighted by molar-refractivity contribution is 5.74. The van der Waals surface area contributed by atoms with Crippen LogP contribution in [0.3, 0.4) is 0 Å². The van der Waals surface area contributed by atoms with Gasteiger partial charge in [0.2, 0.25) is 0 Å². The Balaban J connectivity index is 0. The smallest absolute Gasteiger partial charge is 0.309 e. The Bertz CT molecular complexity index is 143. The predicted octanol–water partition coefficient (Wildman–Crippen LogP) is 4.18. The maximum atomic E-state index is 10.8. The maximum absolute atomic E-state index is 10.8. The molecule has 15 heavy (non-hydrogen) atoms. The molecule has 0 amide bonds. The number of fused-ring (bicyclic) bond motifs is 2. The van der Waals surface area contributed by atoms with Crippen LogP contribution in [0, 0.1) is 5.92 Å². The molecule has 2 nitrogen and oxygen atoms in total. The van der Waals surface area contributed by atoms with Crippen LogP contribution in [-0.2, 0) is 9.53 Å². The summed E-state index contributed by atoms with van der Waals surface area (Å²) >= 11 is 0. The van der Waals surface area contributed by atoms with Crippen molar-refractivity contribution >= 4 is 5.97 Å². The van der Waals surface area contributed by atoms with Crippen molar-refractivity contribution in [2.45, 2.75) is 73.3 Å². The van der Waals surface area contributed by atoms with E-state index >= 15 is 0 Å². The Morgan fingerprint density at radius 3 is 1.93 bits per heavy atom. The average molecular weight is 216 g/mol. The summed E-state index contributed by atoms with van der Waals surface area (Å²) in [6, 6.07) is 0. The average Bonchev–Trinajstić information content (AvgIpc) is 2.61. The fourth-order valence-electron chi connectivity index (χ4n) is 1.73. The Labute approximate surface area is 95.4 Å². The van der Waals surface area contributed by atoms with Crippen LogP contribution in [-0.4, -0.2) is 12.1 Å². The first kappa shape index (κ1) is 16.9. The van der Waals surface area contributed by atoms with Gasteiger partial charge in [-0.3, -0.25) is 4.79 Å². The summed E-state index contributed by atoms with van der Waals surface area (Å²) in [5.74, 6) is 0.321. The van der Waals surface area contributed by atoms with Gasteiger partial charge in [0.1, 0.15) is 6.10 Å². The molecule has 2 aliphatic rings. The molecule has 1 saturated heterocycles. The second kappa shape index (κ2) is 11.5. The van der Waals surface area contributed by atoms with E-state index in [-0.39, 0.29) is 18.0 Å². The summed E-state index contributed by atoms with van der Waals surface area (Å²) < 4.78 is 5.05. The zero-order valence-electron chi connectivity index (χ0n) is 11.3. The third-order valence-electron chi connectivity index (χ3n) is 2.24. The highest BCUT2D eigenvalue weighted by Crippen LogP contribution is 2.33. The molecule has 2 heteroatoms. The van der Waals surface area contributed by atoms with Crippen LogP contribution >= 0.6 is 0 Å². The lowest BCUT2D eigenvalue weighted by Gasteiger charge is -2.12. The molecule has 2 unspecified atom stereocenters. The topological polar surface area (TPSA) is 26.3 Å². The molecule has 2 bridgehead atoms. The van der Waals surface area contributed by atoms with E-state index in [1.807, 2.05) is 41.5 Å². The van der Waals surface area contributed by atoms with Crippen LogP contribution in [0.5, 0.6) is 0 Å². The lowest BCUT2D eigenvalue weighted by molar-refractivity contribution is -0.143. The zero-order valence-corrected chi connectivity index (χ0v) is 11.3. The van der Waals surface area contributed by atoms with Gasteiger partial charge in [-0.1, -0.05) is 41.5 Å². The van der Waals surface area contributed by atoms with Crippen LogP contribution in [0.1, 0.15) is 67.2 Å². The second-order valence-corrected chi connectivity index (χ2v) is 2.92. The van der Waals surface area contributed by atoms with Crippen molar-refractivity contribution < 1.29 is 9.53 Å². The van der Waals surface area contributed by atoms with E-state index in [0.717, 1.165) is 19.3 Å². The summed E-state index contributed by atoms with van der Waals surface area (Å²) in [5.41, 5.74) is 0. The SMILES string of the molecule is CC.CC.CC.O=C1OC2CCCC1C2. The van der Waals surface area contributed by atoms with Gasteiger partial charge < -0.3 is 4.74 Å². The first-order valence-corrected chi connectivity index (χ1v) is 6.57. The third-order valence-corrected chi connectivity index (χ3v) is 2.24. The van der Waals surface area contributed by atoms with E-state index < -0.39 is 0 Å². The normalized spacial score (nSPS) is 25.6. The molecule has 0 radical (unpaired) electrons. The lowest BCUT2D eigenvalue weighted by atomic mass is 9.90. The van der Waals surface area contributed by atoms with Gasteiger partial charge in [-0.2, -0.15) is 0 Å². The fourth-order valence-corrected chi connectivity index (χ4v) is 1.73. The molecule has 0 aromatic rings. The van der Waals surface area contributed by atoms with Gasteiger partial charge in [0.15, 0.2) is 0 Å². The van der Waals surface area contributed by atoms with Crippen LogP contribution in [0.15, 0.2) is 0 Å². The fraction of sp³-hybridized carbons (Fsp3) is 0.923. The van der Waals surface area contributed by atoms with Crippen molar-refractivity contribution in [3.05, 3.63) is 0 Å². The Hall–Kier alpha value is -0.530. The van der Waals surface area contributed by atoms with Gasteiger partial charge >= 0.3 is 5.97 Å². The summed E-state index contributed by atoms with van der Waals surface area (Å²) in [7, 11) is 0. The van der Waals surface area contributed by atoms with E-state index in [1.165, 1.54) is 6.42 Å². The lowest BCUT2D eigenvalue weighted by Crippen LogP contribution is -2.10. The molecule has 1 aliphatic heterocycles. The number of hydrogen-bond acceptors (Lipinski definition) is 2. The quantitative estimate of drug-likeness (QED) is 0.568. The van der Waals surface area contributed by atoms with Crippen molar-refractivity contribution in [1.29, 1.82) is 0 Å². The maximum Gasteiger partial charge on any atom is 0.309 e. The van der Waals surface area contributed by atoms with Gasteiger partial charge in [0.25, 0.3) is 0 Å². The third kappa shape index (κ3) is 5.81. The van der Waals surface area contributed by atoms with E-state index in [9.17, 15) is 4.79 Å². The van der Waals surface area contributed by atoms with Crippen molar-refractivity contribution in [2.75, 3.05) is 0 Å². The van der Waals surface area contributed by atoms with E-state index in [4.69, 9.17) is 4.74 Å². The minimum Gasteiger partial charge on any atom is -0.462 e. The van der Waals surface area contributed by atoms with Gasteiger partial charge in [0.05, 0.1) is 5.92 Å². The highest BCUT2D eigenvalue weighted by Gasteiger charge is 2.37. The first-order valence-electron chi connectivity index (χ1n) is 6.57. The number of carbonyl (C=O) groups excluding carboxylic acids is 1. The number of carbonyl (C=O) groups is 1. The summed E-state index contributed by atoms with van der Waals surface area (Å²) in [6.07, 6.45) is 4.63. The van der Waals surface area contributed by atoms with Crippen molar-refractivity contribution in [1.82, 2.24) is 0 Å². The molecule has 2 rings (SSSR count). The second-order valence-electron chi connectivity index (χ2n) is 2.92. The van der Waals surface area contributed by atoms with Gasteiger partial charge in [-0.05, 0) is 25.7 Å². The van der Waals surface area contributed by atoms with Crippen LogP contribution in [0.25, 0.3) is 0 Å². The molecule has 1 aliphatic carbocycles. The first-order chi connectivity index (χ1) is 7.36. The number of ether oxygens (including phenoxy) is 1. The number of hydrogen-bond donors (Lipinski definition) is 0. The minimum absolute atomic E-state index is 0.0532. The van der Waals surface area contributed by atoms with Crippen molar-refractivity contribution in [3.63, 3.8) is 0 Å². The van der Waals surface area contributed by atoms with E-state index in [2.05, 4.69) is 0 Å². The van der Waals surface area contributed by atoms with Crippen LogP contribution in [0.2, 0.25) is 0 Å². The molecule has 92 valence electrons. The molecular weight excluding hydrogens is 188 g/mol. The molecule has 1 heterocycles. The molecule has 1 saturated carbocycles. The van der Waals surface area contributed by atoms with Gasteiger partial charge in [-0.25, -0.2) is 0 Å². The molecule has 2 fully saturated rings. The summed E-state index contributed by atoms with van der Waals surface area (Å²) in [4.78, 5) is 10.8. The van der Waals surface area contributed by atoms with E-state index in [1.54, 1.807) is 0 Å². The molecule has 0 N–H and O–H groups in total. The zero-order chi connectivity index (χ0) is 12.3. The Morgan fingerprint density at radius 1 is 1.00 bits per heavy atom. The molecule has 0 aromatic carbocycles. The van der Waals surface area contributed by atoms with Gasteiger partial charge in [-0.15, -0.1) is 0 Å². The van der Waals surface area contributed by atoms with Crippen molar-refractivity contribution in [3.8, 4) is 0 Å². The largest absolute Gasteiger partial charge is 0.462 e. The standard InChI is InChI=1S/C7H10O2.3C2H6/c8-7-5-2-1-3-6(4-5)9-7;3*1-2/h5-6H,1-4H2;3*1-2H3. The number of esters is 1. The molecular formula is C13H28O2. The van der Waals surface area contributed by atoms with Crippen LogP contribution < -0.4 is 0 Å². The molecule has 2 atom stereocenters. The summed E-state index contributed by atoms with van der Waals surface area (Å²) in [5, 5.41) is 0. The number of rotatable bonds is 0. The molecule has 0 spiro atoms. The van der Waals surface area contributed by atoms with E-state index in [0.29, 0.717) is 0 Å². The van der Waals surface area contributed by atoms with Gasteiger partial charge in [0, 0.05) is 0 Å². The molecule has 0 aromatic heterocycles. The Kier molecular flexibility index (Phi) is 13.0. The highest BCUT2D eigenvalue weighted by atomic mass is 16.6. The Morgan fingerprint density at radius 2 is 1.53 bits per heavy atom. The minimum atomic E-state index is 0.0532. The van der Waals surface area contributed by atoms with Crippen molar-refractivity contribution in [2.24, 2.45) is 5.92 Å².